The van der Waals surface area contributed by atoms with E-state index in [1.807, 2.05) is 0 Å². The highest BCUT2D eigenvalue weighted by Crippen LogP contribution is 2.25. The van der Waals surface area contributed by atoms with Crippen LogP contribution in [0.25, 0.3) is 0 Å². The number of aliphatic hydroxyl groups is 1. The lowest BCUT2D eigenvalue weighted by Gasteiger charge is -2.36. The third-order valence-corrected chi connectivity index (χ3v) is 4.97. The number of likely N-dealkylation sites (tertiary alicyclic amines) is 1. The number of aliphatic hydroxyl groups excluding tert-OH is 1. The summed E-state index contributed by atoms with van der Waals surface area (Å²) in [6.07, 6.45) is 2.00. The number of piperidine rings is 1. The van der Waals surface area contributed by atoms with Crippen LogP contribution in [-0.2, 0) is 0 Å². The van der Waals surface area contributed by atoms with Gasteiger partial charge >= 0.3 is 0 Å². The molecular formula is C19H32N2O2. The van der Waals surface area contributed by atoms with Crippen molar-refractivity contribution in [2.75, 3.05) is 40.3 Å². The zero-order chi connectivity index (χ0) is 17.0. The average molecular weight is 320 g/mol. The van der Waals surface area contributed by atoms with Gasteiger partial charge in [0.15, 0.2) is 0 Å². The maximum absolute atomic E-state index is 10.4. The Morgan fingerprint density at radius 1 is 1.26 bits per heavy atom. The van der Waals surface area contributed by atoms with Crippen molar-refractivity contribution in [1.82, 2.24) is 9.80 Å². The Bertz CT molecular complexity index is 516. The van der Waals surface area contributed by atoms with Crippen LogP contribution in [0.1, 0.15) is 29.5 Å². The minimum atomic E-state index is -0.449. The second kappa shape index (κ2) is 8.13. The van der Waals surface area contributed by atoms with E-state index in [0.29, 0.717) is 19.2 Å². The largest absolute Gasteiger partial charge is 0.490 e. The fourth-order valence-electron chi connectivity index (χ4n) is 3.30. The van der Waals surface area contributed by atoms with E-state index in [9.17, 15) is 5.11 Å². The zero-order valence-corrected chi connectivity index (χ0v) is 15.3. The number of hydrogen-bond acceptors (Lipinski definition) is 4. The molecule has 0 aromatic heterocycles. The van der Waals surface area contributed by atoms with E-state index in [-0.39, 0.29) is 0 Å². The minimum absolute atomic E-state index is 0.355. The molecule has 2 unspecified atom stereocenters. The van der Waals surface area contributed by atoms with E-state index in [1.165, 1.54) is 24.0 Å². The predicted octanol–water partition coefficient (Wildman–Crippen LogP) is 2.38. The lowest BCUT2D eigenvalue weighted by atomic mass is 10.0. The van der Waals surface area contributed by atoms with Crippen molar-refractivity contribution in [3.63, 3.8) is 0 Å². The molecule has 0 radical (unpaired) electrons. The summed E-state index contributed by atoms with van der Waals surface area (Å²) < 4.78 is 5.94. The quantitative estimate of drug-likeness (QED) is 0.873. The molecule has 0 spiro atoms. The predicted molar refractivity (Wildman–Crippen MR) is 95.3 cm³/mol. The summed E-state index contributed by atoms with van der Waals surface area (Å²) in [7, 11) is 4.27. The molecule has 1 fully saturated rings. The van der Waals surface area contributed by atoms with Gasteiger partial charge in [-0.25, -0.2) is 0 Å². The van der Waals surface area contributed by atoms with Crippen LogP contribution in [0, 0.1) is 20.8 Å². The average Bonchev–Trinajstić information content (AvgIpc) is 2.51. The summed E-state index contributed by atoms with van der Waals surface area (Å²) in [6, 6.07) is 4.79. The first kappa shape index (κ1) is 18.2. The summed E-state index contributed by atoms with van der Waals surface area (Å²) in [5, 5.41) is 10.4. The molecule has 1 aromatic rings. The number of β-amino-alcohol motifs (C(OH)–C–C–N with tert-alkyl or cyclic N) is 1. The van der Waals surface area contributed by atoms with E-state index in [4.69, 9.17) is 4.74 Å². The van der Waals surface area contributed by atoms with Crippen molar-refractivity contribution >= 4 is 0 Å². The lowest BCUT2D eigenvalue weighted by molar-refractivity contribution is 0.0453. The van der Waals surface area contributed by atoms with E-state index in [0.717, 1.165) is 24.4 Å². The SMILES string of the molecule is Cc1ccc(C)c(OCC(O)CN2CCCC(N(C)C)C2)c1C. The minimum Gasteiger partial charge on any atom is -0.490 e. The van der Waals surface area contributed by atoms with Gasteiger partial charge in [-0.3, -0.25) is 4.90 Å². The molecule has 1 aliphatic rings. The van der Waals surface area contributed by atoms with Gasteiger partial charge in [0, 0.05) is 19.1 Å². The summed E-state index contributed by atoms with van der Waals surface area (Å²) >= 11 is 0. The van der Waals surface area contributed by atoms with Gasteiger partial charge in [-0.05, 0) is 70.9 Å². The van der Waals surface area contributed by atoms with Crippen LogP contribution in [0.3, 0.4) is 0 Å². The molecule has 1 aromatic carbocycles. The van der Waals surface area contributed by atoms with E-state index in [2.05, 4.69) is 56.8 Å². The molecule has 0 aliphatic carbocycles. The highest BCUT2D eigenvalue weighted by molar-refractivity contribution is 5.44. The van der Waals surface area contributed by atoms with Crippen molar-refractivity contribution in [3.05, 3.63) is 28.8 Å². The van der Waals surface area contributed by atoms with Crippen molar-refractivity contribution in [1.29, 1.82) is 0 Å². The molecule has 23 heavy (non-hydrogen) atoms. The third kappa shape index (κ3) is 4.93. The maximum Gasteiger partial charge on any atom is 0.125 e. The first-order valence-corrected chi connectivity index (χ1v) is 8.65. The fourth-order valence-corrected chi connectivity index (χ4v) is 3.30. The molecule has 1 heterocycles. The number of nitrogens with zero attached hydrogens (tertiary/aromatic N) is 2. The zero-order valence-electron chi connectivity index (χ0n) is 15.3. The van der Waals surface area contributed by atoms with Gasteiger partial charge in [0.2, 0.25) is 0 Å². The van der Waals surface area contributed by atoms with Gasteiger partial charge in [-0.15, -0.1) is 0 Å². The molecule has 4 nitrogen and oxygen atoms in total. The topological polar surface area (TPSA) is 35.9 Å². The Hall–Kier alpha value is -1.10. The summed E-state index contributed by atoms with van der Waals surface area (Å²) in [5.74, 6) is 0.925. The Balaban J connectivity index is 1.86. The van der Waals surface area contributed by atoms with Gasteiger partial charge in [-0.2, -0.15) is 0 Å². The standard InChI is InChI=1S/C19H32N2O2/c1-14-8-9-15(2)19(16(14)3)23-13-18(22)12-21-10-6-7-17(11-21)20(4)5/h8-9,17-18,22H,6-7,10-13H2,1-5H3. The Kier molecular flexibility index (Phi) is 6.45. The molecule has 0 amide bonds. The normalized spacial score (nSPS) is 20.7. The molecule has 130 valence electrons. The Morgan fingerprint density at radius 2 is 1.96 bits per heavy atom. The number of aryl methyl sites for hydroxylation is 2. The van der Waals surface area contributed by atoms with Crippen LogP contribution in [0.4, 0.5) is 0 Å². The first-order valence-electron chi connectivity index (χ1n) is 8.65. The number of benzene rings is 1. The molecular weight excluding hydrogens is 288 g/mol. The number of ether oxygens (including phenoxy) is 1. The number of hydrogen-bond donors (Lipinski definition) is 1. The number of rotatable bonds is 6. The van der Waals surface area contributed by atoms with Gasteiger partial charge < -0.3 is 14.7 Å². The molecule has 2 rings (SSSR count). The van der Waals surface area contributed by atoms with Gasteiger partial charge in [-0.1, -0.05) is 12.1 Å². The number of likely N-dealkylation sites (N-methyl/N-ethyl adjacent to an activating group) is 1. The summed E-state index contributed by atoms with van der Waals surface area (Å²) in [5.41, 5.74) is 3.53. The molecule has 2 atom stereocenters. The van der Waals surface area contributed by atoms with Gasteiger partial charge in [0.05, 0.1) is 0 Å². The Morgan fingerprint density at radius 3 is 2.65 bits per heavy atom. The van der Waals surface area contributed by atoms with Gasteiger partial charge in [0.25, 0.3) is 0 Å². The smallest absolute Gasteiger partial charge is 0.125 e. The summed E-state index contributed by atoms with van der Waals surface area (Å²) in [6.45, 7) is 9.38. The maximum atomic E-state index is 10.4. The van der Waals surface area contributed by atoms with Crippen LogP contribution in [-0.4, -0.2) is 67.4 Å². The van der Waals surface area contributed by atoms with Crippen molar-refractivity contribution < 1.29 is 9.84 Å². The first-order chi connectivity index (χ1) is 10.9. The monoisotopic (exact) mass is 320 g/mol. The Labute approximate surface area is 141 Å². The van der Waals surface area contributed by atoms with E-state index < -0.39 is 6.10 Å². The summed E-state index contributed by atoms with van der Waals surface area (Å²) in [4.78, 5) is 4.65. The van der Waals surface area contributed by atoms with Crippen molar-refractivity contribution in [3.8, 4) is 5.75 Å². The fraction of sp³-hybridized carbons (Fsp3) is 0.684. The molecule has 0 bridgehead atoms. The third-order valence-electron chi connectivity index (χ3n) is 4.97. The van der Waals surface area contributed by atoms with Crippen LogP contribution in [0.2, 0.25) is 0 Å². The van der Waals surface area contributed by atoms with Gasteiger partial charge in [0.1, 0.15) is 18.5 Å². The second-order valence-corrected chi connectivity index (χ2v) is 7.14. The van der Waals surface area contributed by atoms with Crippen LogP contribution in [0.15, 0.2) is 12.1 Å². The molecule has 1 aliphatic heterocycles. The second-order valence-electron chi connectivity index (χ2n) is 7.14. The van der Waals surface area contributed by atoms with Crippen LogP contribution >= 0.6 is 0 Å². The molecule has 4 heteroatoms. The molecule has 0 saturated carbocycles. The molecule has 1 saturated heterocycles. The van der Waals surface area contributed by atoms with E-state index in [1.54, 1.807) is 0 Å². The highest BCUT2D eigenvalue weighted by Gasteiger charge is 2.23. The van der Waals surface area contributed by atoms with E-state index >= 15 is 0 Å². The van der Waals surface area contributed by atoms with Crippen LogP contribution in [0.5, 0.6) is 5.75 Å². The lowest BCUT2D eigenvalue weighted by Crippen LogP contribution is -2.48. The molecule has 1 N–H and O–H groups in total. The van der Waals surface area contributed by atoms with Crippen molar-refractivity contribution in [2.45, 2.75) is 45.8 Å². The highest BCUT2D eigenvalue weighted by atomic mass is 16.5. The van der Waals surface area contributed by atoms with Crippen molar-refractivity contribution in [2.24, 2.45) is 0 Å². The van der Waals surface area contributed by atoms with Crippen LogP contribution < -0.4 is 4.74 Å².